The Morgan fingerprint density at radius 3 is 2.65 bits per heavy atom. The second-order valence-electron chi connectivity index (χ2n) is 4.53. The van der Waals surface area contributed by atoms with Crippen molar-refractivity contribution in [3.05, 3.63) is 48.6 Å². The average molecular weight is 388 g/mol. The third kappa shape index (κ3) is 7.05. The molecule has 0 amide bonds. The van der Waals surface area contributed by atoms with Gasteiger partial charge in [-0.3, -0.25) is 4.79 Å². The Morgan fingerprint density at radius 1 is 1.35 bits per heavy atom. The molecule has 0 heterocycles. The molecule has 0 aromatic heterocycles. The second-order valence-corrected chi connectivity index (χ2v) is 6.29. The Labute approximate surface area is 134 Å². The van der Waals surface area contributed by atoms with Crippen molar-refractivity contribution in [2.75, 3.05) is 7.11 Å². The van der Waals surface area contributed by atoms with Gasteiger partial charge in [0, 0.05) is 3.92 Å². The van der Waals surface area contributed by atoms with E-state index in [0.29, 0.717) is 13.0 Å². The zero-order valence-corrected chi connectivity index (χ0v) is 13.9. The van der Waals surface area contributed by atoms with Crippen molar-refractivity contribution in [2.24, 2.45) is 0 Å². The molecule has 0 fully saturated rings. The molecule has 0 aliphatic rings. The highest BCUT2D eigenvalue weighted by atomic mass is 127. The molecule has 110 valence electrons. The van der Waals surface area contributed by atoms with Crippen LogP contribution in [0.1, 0.15) is 24.8 Å². The Hall–Kier alpha value is -0.880. The first kappa shape index (κ1) is 17.2. The molecule has 0 aliphatic carbocycles. The third-order valence-corrected chi connectivity index (χ3v) is 4.01. The van der Waals surface area contributed by atoms with Crippen molar-refractivity contribution in [1.82, 2.24) is 0 Å². The summed E-state index contributed by atoms with van der Waals surface area (Å²) in [6.45, 7) is 4.39. The quantitative estimate of drug-likeness (QED) is 0.279. The summed E-state index contributed by atoms with van der Waals surface area (Å²) in [5.74, 6) is -0.162. The average Bonchev–Trinajstić information content (AvgIpc) is 2.48. The molecule has 0 aliphatic heterocycles. The summed E-state index contributed by atoms with van der Waals surface area (Å²) >= 11 is 2.28. The van der Waals surface area contributed by atoms with E-state index in [0.717, 1.165) is 18.4 Å². The van der Waals surface area contributed by atoms with Gasteiger partial charge in [-0.2, -0.15) is 0 Å². The first-order valence-electron chi connectivity index (χ1n) is 6.64. The van der Waals surface area contributed by atoms with Crippen LogP contribution in [0.25, 0.3) is 0 Å². The van der Waals surface area contributed by atoms with Crippen LogP contribution in [-0.4, -0.2) is 23.1 Å². The van der Waals surface area contributed by atoms with Gasteiger partial charge in [0.25, 0.3) is 0 Å². The highest BCUT2D eigenvalue weighted by molar-refractivity contribution is 14.1. The lowest BCUT2D eigenvalue weighted by molar-refractivity contribution is -0.140. The SMILES string of the molecule is C=C[C@H](CCC(I)CC(=O)OC)OCc1ccccc1. The molecule has 0 bridgehead atoms. The summed E-state index contributed by atoms with van der Waals surface area (Å²) in [7, 11) is 1.42. The number of ether oxygens (including phenoxy) is 2. The molecule has 2 atom stereocenters. The number of carbonyl (C=O) groups excluding carboxylic acids is 1. The lowest BCUT2D eigenvalue weighted by Gasteiger charge is -2.16. The summed E-state index contributed by atoms with van der Waals surface area (Å²) in [5, 5.41) is 0. The first-order chi connectivity index (χ1) is 9.65. The molecule has 0 saturated carbocycles. The number of alkyl halides is 1. The van der Waals surface area contributed by atoms with E-state index in [4.69, 9.17) is 4.74 Å². The molecule has 0 radical (unpaired) electrons. The van der Waals surface area contributed by atoms with Crippen LogP contribution in [0, 0.1) is 0 Å². The normalized spacial score (nSPS) is 13.5. The van der Waals surface area contributed by atoms with E-state index in [1.54, 1.807) is 0 Å². The lowest BCUT2D eigenvalue weighted by atomic mass is 10.1. The van der Waals surface area contributed by atoms with Gasteiger partial charge in [0.05, 0.1) is 26.2 Å². The zero-order chi connectivity index (χ0) is 14.8. The van der Waals surface area contributed by atoms with Crippen LogP contribution in [0.4, 0.5) is 0 Å². The fraction of sp³-hybridized carbons (Fsp3) is 0.438. The molecular formula is C16H21IO3. The molecule has 3 nitrogen and oxygen atoms in total. The van der Waals surface area contributed by atoms with Crippen molar-refractivity contribution in [1.29, 1.82) is 0 Å². The number of hydrogen-bond acceptors (Lipinski definition) is 3. The van der Waals surface area contributed by atoms with Gasteiger partial charge in [-0.05, 0) is 18.4 Å². The summed E-state index contributed by atoms with van der Waals surface area (Å²) in [5.41, 5.74) is 1.15. The van der Waals surface area contributed by atoms with Gasteiger partial charge in [-0.25, -0.2) is 0 Å². The van der Waals surface area contributed by atoms with Crippen molar-refractivity contribution < 1.29 is 14.3 Å². The topological polar surface area (TPSA) is 35.5 Å². The monoisotopic (exact) mass is 388 g/mol. The van der Waals surface area contributed by atoms with Crippen molar-refractivity contribution in [2.45, 2.75) is 35.9 Å². The van der Waals surface area contributed by atoms with Crippen LogP contribution < -0.4 is 0 Å². The molecule has 4 heteroatoms. The summed E-state index contributed by atoms with van der Waals surface area (Å²) in [4.78, 5) is 11.2. The van der Waals surface area contributed by atoms with E-state index in [2.05, 4.69) is 33.9 Å². The molecule has 20 heavy (non-hydrogen) atoms. The molecular weight excluding hydrogens is 367 g/mol. The molecule has 0 spiro atoms. The number of rotatable bonds is 9. The number of methoxy groups -OCH3 is 1. The number of benzene rings is 1. The van der Waals surface area contributed by atoms with Gasteiger partial charge in [0.2, 0.25) is 0 Å². The predicted molar refractivity (Wildman–Crippen MR) is 88.9 cm³/mol. The molecule has 1 unspecified atom stereocenters. The van der Waals surface area contributed by atoms with Gasteiger partial charge in [0.1, 0.15) is 0 Å². The minimum Gasteiger partial charge on any atom is -0.469 e. The van der Waals surface area contributed by atoms with E-state index >= 15 is 0 Å². The molecule has 1 aromatic rings. The van der Waals surface area contributed by atoms with Crippen LogP contribution in [-0.2, 0) is 20.9 Å². The van der Waals surface area contributed by atoms with E-state index < -0.39 is 0 Å². The Kier molecular flexibility index (Phi) is 8.53. The summed E-state index contributed by atoms with van der Waals surface area (Å²) in [6, 6.07) is 10.1. The van der Waals surface area contributed by atoms with Crippen LogP contribution in [0.5, 0.6) is 0 Å². The molecule has 1 rings (SSSR count). The smallest absolute Gasteiger partial charge is 0.306 e. The summed E-state index contributed by atoms with van der Waals surface area (Å²) in [6.07, 6.45) is 4.05. The Balaban J connectivity index is 2.29. The number of carbonyl (C=O) groups is 1. The van der Waals surface area contributed by atoms with Crippen molar-refractivity contribution in [3.63, 3.8) is 0 Å². The molecule has 0 saturated heterocycles. The Bertz CT molecular complexity index is 405. The second kappa shape index (κ2) is 9.94. The van der Waals surface area contributed by atoms with Gasteiger partial charge in [0.15, 0.2) is 0 Å². The highest BCUT2D eigenvalue weighted by Crippen LogP contribution is 2.17. The minimum atomic E-state index is -0.162. The van der Waals surface area contributed by atoms with Crippen LogP contribution >= 0.6 is 22.6 Å². The van der Waals surface area contributed by atoms with Gasteiger partial charge in [-0.1, -0.05) is 59.0 Å². The largest absolute Gasteiger partial charge is 0.469 e. The summed E-state index contributed by atoms with van der Waals surface area (Å²) < 4.78 is 10.8. The molecule has 1 aromatic carbocycles. The fourth-order valence-corrected chi connectivity index (χ4v) is 2.48. The number of hydrogen-bond donors (Lipinski definition) is 0. The number of esters is 1. The van der Waals surface area contributed by atoms with E-state index in [1.165, 1.54) is 7.11 Å². The van der Waals surface area contributed by atoms with Gasteiger partial charge >= 0.3 is 5.97 Å². The third-order valence-electron chi connectivity index (χ3n) is 2.95. The maximum atomic E-state index is 11.2. The maximum absolute atomic E-state index is 11.2. The minimum absolute atomic E-state index is 0.0186. The highest BCUT2D eigenvalue weighted by Gasteiger charge is 2.13. The lowest BCUT2D eigenvalue weighted by Crippen LogP contribution is -2.14. The predicted octanol–water partition coefficient (Wildman–Crippen LogP) is 3.90. The van der Waals surface area contributed by atoms with E-state index in [-0.39, 0.29) is 16.0 Å². The van der Waals surface area contributed by atoms with Crippen molar-refractivity contribution >= 4 is 28.6 Å². The van der Waals surface area contributed by atoms with Crippen LogP contribution in [0.15, 0.2) is 43.0 Å². The van der Waals surface area contributed by atoms with E-state index in [1.807, 2.05) is 36.4 Å². The van der Waals surface area contributed by atoms with Crippen molar-refractivity contribution in [3.8, 4) is 0 Å². The fourth-order valence-electron chi connectivity index (χ4n) is 1.76. The molecule has 0 N–H and O–H groups in total. The van der Waals surface area contributed by atoms with Gasteiger partial charge < -0.3 is 9.47 Å². The van der Waals surface area contributed by atoms with Gasteiger partial charge in [-0.15, -0.1) is 6.58 Å². The standard InChI is InChI=1S/C16H21IO3/c1-3-15(10-9-14(17)11-16(18)19-2)20-12-13-7-5-4-6-8-13/h3-8,14-15H,1,9-12H2,2H3/t14?,15-/m1/s1. The van der Waals surface area contributed by atoms with Crippen LogP contribution in [0.3, 0.4) is 0 Å². The first-order valence-corrected chi connectivity index (χ1v) is 7.89. The van der Waals surface area contributed by atoms with Crippen LogP contribution in [0.2, 0.25) is 0 Å². The number of halogens is 1. The maximum Gasteiger partial charge on any atom is 0.306 e. The Morgan fingerprint density at radius 2 is 2.05 bits per heavy atom. The van der Waals surface area contributed by atoms with E-state index in [9.17, 15) is 4.79 Å². The zero-order valence-electron chi connectivity index (χ0n) is 11.8.